The van der Waals surface area contributed by atoms with E-state index in [0.717, 1.165) is 5.57 Å². The van der Waals surface area contributed by atoms with E-state index in [0.29, 0.717) is 0 Å². The Morgan fingerprint density at radius 2 is 2.20 bits per heavy atom. The molecule has 0 aromatic heterocycles. The standard InChI is InChI=1S/C8H10N2/c1-3-10-7-8(2)5-4-6-9/h3-7,9H,1-2H2/b5-4-,9-6?,10-7?. The van der Waals surface area contributed by atoms with Gasteiger partial charge < -0.3 is 5.41 Å². The lowest BCUT2D eigenvalue weighted by molar-refractivity contribution is 1.57. The monoisotopic (exact) mass is 134 g/mol. The lowest BCUT2D eigenvalue weighted by Crippen LogP contribution is -1.74. The summed E-state index contributed by atoms with van der Waals surface area (Å²) in [6, 6.07) is 0. The molecule has 2 heteroatoms. The molecule has 0 bridgehead atoms. The number of allylic oxidation sites excluding steroid dienone is 3. The van der Waals surface area contributed by atoms with Gasteiger partial charge in [0.1, 0.15) is 0 Å². The maximum absolute atomic E-state index is 6.66. The Bertz CT molecular complexity index is 167. The highest BCUT2D eigenvalue weighted by atomic mass is 14.6. The molecule has 0 saturated heterocycles. The third-order valence-corrected chi connectivity index (χ3v) is 0.752. The quantitative estimate of drug-likeness (QED) is 0.450. The van der Waals surface area contributed by atoms with Crippen molar-refractivity contribution in [1.29, 1.82) is 5.41 Å². The van der Waals surface area contributed by atoms with Gasteiger partial charge >= 0.3 is 0 Å². The van der Waals surface area contributed by atoms with E-state index >= 15 is 0 Å². The average Bonchev–Trinajstić information content (AvgIpc) is 1.97. The van der Waals surface area contributed by atoms with Crippen LogP contribution in [0.3, 0.4) is 0 Å². The number of nitrogens with zero attached hydrogens (tertiary/aromatic N) is 1. The summed E-state index contributed by atoms with van der Waals surface area (Å²) in [6.45, 7) is 7.05. The Kier molecular flexibility index (Phi) is 4.87. The van der Waals surface area contributed by atoms with Crippen molar-refractivity contribution in [3.63, 3.8) is 0 Å². The molecule has 10 heavy (non-hydrogen) atoms. The second-order valence-corrected chi connectivity index (χ2v) is 1.56. The zero-order valence-electron chi connectivity index (χ0n) is 5.75. The fraction of sp³-hybridized carbons (Fsp3) is 0. The molecule has 0 aliphatic carbocycles. The summed E-state index contributed by atoms with van der Waals surface area (Å²) in [5.41, 5.74) is 0.753. The van der Waals surface area contributed by atoms with Gasteiger partial charge in [0.2, 0.25) is 0 Å². The molecule has 2 nitrogen and oxygen atoms in total. The predicted octanol–water partition coefficient (Wildman–Crippen LogP) is 1.96. The molecule has 0 saturated carbocycles. The summed E-state index contributed by atoms with van der Waals surface area (Å²) in [7, 11) is 0. The van der Waals surface area contributed by atoms with E-state index in [2.05, 4.69) is 18.2 Å². The number of rotatable bonds is 4. The molecular weight excluding hydrogens is 124 g/mol. The molecule has 0 atom stereocenters. The van der Waals surface area contributed by atoms with E-state index in [1.165, 1.54) is 12.4 Å². The molecule has 0 unspecified atom stereocenters. The van der Waals surface area contributed by atoms with E-state index in [4.69, 9.17) is 5.41 Å². The van der Waals surface area contributed by atoms with Crippen LogP contribution in [0.2, 0.25) is 0 Å². The Labute approximate surface area is 60.8 Å². The molecule has 0 fully saturated rings. The lowest BCUT2D eigenvalue weighted by Gasteiger charge is -1.82. The highest BCUT2D eigenvalue weighted by Gasteiger charge is 1.75. The Hall–Kier alpha value is -1.44. The van der Waals surface area contributed by atoms with Crippen molar-refractivity contribution in [3.05, 3.63) is 37.1 Å². The average molecular weight is 134 g/mol. The predicted molar refractivity (Wildman–Crippen MR) is 45.8 cm³/mol. The van der Waals surface area contributed by atoms with Gasteiger partial charge in [-0.1, -0.05) is 19.2 Å². The van der Waals surface area contributed by atoms with Crippen LogP contribution in [0.15, 0.2) is 42.1 Å². The molecule has 0 heterocycles. The summed E-state index contributed by atoms with van der Waals surface area (Å²) >= 11 is 0. The van der Waals surface area contributed by atoms with Gasteiger partial charge in [-0.2, -0.15) is 0 Å². The maximum Gasteiger partial charge on any atom is 0.0334 e. The van der Waals surface area contributed by atoms with E-state index in [1.54, 1.807) is 18.4 Å². The van der Waals surface area contributed by atoms with Crippen LogP contribution in [0.25, 0.3) is 0 Å². The highest BCUT2D eigenvalue weighted by molar-refractivity contribution is 5.83. The molecule has 0 rings (SSSR count). The van der Waals surface area contributed by atoms with Gasteiger partial charge in [0.15, 0.2) is 0 Å². The molecule has 0 amide bonds. The molecule has 0 aliphatic rings. The second-order valence-electron chi connectivity index (χ2n) is 1.56. The van der Waals surface area contributed by atoms with Crippen LogP contribution in [-0.2, 0) is 0 Å². The number of nitrogens with one attached hydrogen (secondary N) is 1. The lowest BCUT2D eigenvalue weighted by atomic mass is 10.3. The van der Waals surface area contributed by atoms with Crippen LogP contribution < -0.4 is 0 Å². The smallest absolute Gasteiger partial charge is 0.0334 e. The molecule has 0 aliphatic heterocycles. The highest BCUT2D eigenvalue weighted by Crippen LogP contribution is 1.86. The van der Waals surface area contributed by atoms with Crippen LogP contribution >= 0.6 is 0 Å². The maximum atomic E-state index is 6.66. The van der Waals surface area contributed by atoms with Crippen LogP contribution in [0, 0.1) is 5.41 Å². The molecule has 0 radical (unpaired) electrons. The normalized spacial score (nSPS) is 10.4. The van der Waals surface area contributed by atoms with Crippen molar-refractivity contribution in [1.82, 2.24) is 0 Å². The zero-order valence-corrected chi connectivity index (χ0v) is 5.75. The fourth-order valence-electron chi connectivity index (χ4n) is 0.363. The summed E-state index contributed by atoms with van der Waals surface area (Å²) < 4.78 is 0. The van der Waals surface area contributed by atoms with Crippen molar-refractivity contribution in [2.24, 2.45) is 4.99 Å². The fourth-order valence-corrected chi connectivity index (χ4v) is 0.363. The summed E-state index contributed by atoms with van der Waals surface area (Å²) in [6.07, 6.45) is 7.47. The first-order chi connectivity index (χ1) is 4.81. The summed E-state index contributed by atoms with van der Waals surface area (Å²) in [5.74, 6) is 0. The van der Waals surface area contributed by atoms with Gasteiger partial charge in [0, 0.05) is 18.6 Å². The van der Waals surface area contributed by atoms with Crippen molar-refractivity contribution in [2.45, 2.75) is 0 Å². The molecule has 1 N–H and O–H groups in total. The second kappa shape index (κ2) is 5.69. The van der Waals surface area contributed by atoms with Gasteiger partial charge in [-0.25, -0.2) is 0 Å². The van der Waals surface area contributed by atoms with Crippen LogP contribution in [-0.4, -0.2) is 12.4 Å². The van der Waals surface area contributed by atoms with Crippen molar-refractivity contribution in [3.8, 4) is 0 Å². The van der Waals surface area contributed by atoms with E-state index in [9.17, 15) is 0 Å². The molecular formula is C8H10N2. The van der Waals surface area contributed by atoms with Gasteiger partial charge in [0.05, 0.1) is 0 Å². The Morgan fingerprint density at radius 3 is 2.70 bits per heavy atom. The minimum Gasteiger partial charge on any atom is -0.309 e. The van der Waals surface area contributed by atoms with Gasteiger partial charge in [0.25, 0.3) is 0 Å². The van der Waals surface area contributed by atoms with Crippen LogP contribution in [0.1, 0.15) is 0 Å². The summed E-state index contributed by atoms with van der Waals surface area (Å²) in [5, 5.41) is 6.66. The number of aliphatic imine (C=N–C) groups is 1. The first-order valence-corrected chi connectivity index (χ1v) is 2.81. The van der Waals surface area contributed by atoms with E-state index < -0.39 is 0 Å². The zero-order chi connectivity index (χ0) is 7.82. The van der Waals surface area contributed by atoms with Crippen LogP contribution in [0.4, 0.5) is 0 Å². The van der Waals surface area contributed by atoms with Gasteiger partial charge in [-0.05, 0) is 11.6 Å². The largest absolute Gasteiger partial charge is 0.309 e. The van der Waals surface area contributed by atoms with Crippen molar-refractivity contribution in [2.75, 3.05) is 0 Å². The molecule has 0 spiro atoms. The van der Waals surface area contributed by atoms with Crippen molar-refractivity contribution < 1.29 is 0 Å². The minimum absolute atomic E-state index is 0.753. The van der Waals surface area contributed by atoms with Gasteiger partial charge in [-0.3, -0.25) is 4.99 Å². The van der Waals surface area contributed by atoms with Gasteiger partial charge in [-0.15, -0.1) is 0 Å². The third-order valence-electron chi connectivity index (χ3n) is 0.752. The molecule has 0 aromatic rings. The Balaban J connectivity index is 3.85. The summed E-state index contributed by atoms with van der Waals surface area (Å²) in [4.78, 5) is 3.74. The van der Waals surface area contributed by atoms with Crippen LogP contribution in [0.5, 0.6) is 0 Å². The van der Waals surface area contributed by atoms with E-state index in [-0.39, 0.29) is 0 Å². The molecule has 0 aromatic carbocycles. The Morgan fingerprint density at radius 1 is 1.50 bits per heavy atom. The molecule has 52 valence electrons. The topological polar surface area (TPSA) is 36.2 Å². The minimum atomic E-state index is 0.753. The number of hydrogen-bond acceptors (Lipinski definition) is 2. The number of hydrogen-bond donors (Lipinski definition) is 1. The van der Waals surface area contributed by atoms with E-state index in [1.807, 2.05) is 0 Å². The first-order valence-electron chi connectivity index (χ1n) is 2.81. The first kappa shape index (κ1) is 8.56. The SMILES string of the molecule is C=CN=CC(=C)/C=C\C=N. The third kappa shape index (κ3) is 4.71. The van der Waals surface area contributed by atoms with Crippen molar-refractivity contribution >= 4 is 12.4 Å².